The van der Waals surface area contributed by atoms with Crippen LogP contribution in [-0.2, 0) is 22.6 Å². The summed E-state index contributed by atoms with van der Waals surface area (Å²) >= 11 is 3.21. The van der Waals surface area contributed by atoms with Crippen molar-refractivity contribution in [2.45, 2.75) is 19.4 Å². The van der Waals surface area contributed by atoms with Crippen LogP contribution < -0.4 is 15.4 Å². The van der Waals surface area contributed by atoms with Gasteiger partial charge in [-0.3, -0.25) is 9.59 Å². The average molecular weight is 407 g/mol. The molecule has 1 heterocycles. The molecule has 2 aromatic rings. The van der Waals surface area contributed by atoms with E-state index in [1.54, 1.807) is 18.2 Å². The molecule has 0 aromatic heterocycles. The molecule has 2 amide bonds. The molecule has 2 N–H and O–H groups in total. The quantitative estimate of drug-likeness (QED) is 0.800. The number of hydrogen-bond donors (Lipinski definition) is 2. The van der Waals surface area contributed by atoms with Crippen molar-refractivity contribution < 1.29 is 18.7 Å². The highest BCUT2D eigenvalue weighted by Gasteiger charge is 2.15. The predicted molar refractivity (Wildman–Crippen MR) is 94.8 cm³/mol. The second-order valence-electron chi connectivity index (χ2n) is 5.71. The molecule has 1 aliphatic rings. The van der Waals surface area contributed by atoms with Crippen LogP contribution in [0.4, 0.5) is 10.1 Å². The third kappa shape index (κ3) is 4.79. The summed E-state index contributed by atoms with van der Waals surface area (Å²) in [6.07, 6.45) is 1.10. The number of nitrogens with one attached hydrogen (secondary N) is 2. The van der Waals surface area contributed by atoms with E-state index in [9.17, 15) is 14.0 Å². The fourth-order valence-corrected chi connectivity index (χ4v) is 3.08. The maximum atomic E-state index is 13.3. The molecule has 1 aliphatic heterocycles. The number of carbonyl (C=O) groups excluding carboxylic acids is 2. The van der Waals surface area contributed by atoms with E-state index in [1.165, 1.54) is 12.1 Å². The summed E-state index contributed by atoms with van der Waals surface area (Å²) in [7, 11) is 0. The van der Waals surface area contributed by atoms with Gasteiger partial charge in [0.2, 0.25) is 5.91 Å². The number of hydrogen-bond acceptors (Lipinski definition) is 3. The fourth-order valence-electron chi connectivity index (χ4n) is 2.56. The summed E-state index contributed by atoms with van der Waals surface area (Å²) < 4.78 is 19.4. The minimum absolute atomic E-state index is 0.00420. The lowest BCUT2D eigenvalue weighted by atomic mass is 10.0. The molecular weight excluding hydrogens is 391 g/mol. The Kier molecular flexibility index (Phi) is 5.33. The molecule has 0 saturated carbocycles. The van der Waals surface area contributed by atoms with Crippen molar-refractivity contribution in [3.63, 3.8) is 0 Å². The summed E-state index contributed by atoms with van der Waals surface area (Å²) in [6, 6.07) is 9.76. The highest BCUT2D eigenvalue weighted by molar-refractivity contribution is 9.10. The molecular formula is C18H16BrFN2O3. The van der Waals surface area contributed by atoms with E-state index in [2.05, 4.69) is 26.6 Å². The van der Waals surface area contributed by atoms with Gasteiger partial charge in [-0.25, -0.2) is 4.39 Å². The summed E-state index contributed by atoms with van der Waals surface area (Å²) in [5.41, 5.74) is 2.43. The summed E-state index contributed by atoms with van der Waals surface area (Å²) in [6.45, 7) is 0.0798. The lowest BCUT2D eigenvalue weighted by Gasteiger charge is -2.17. The van der Waals surface area contributed by atoms with Crippen molar-refractivity contribution >= 4 is 33.4 Å². The van der Waals surface area contributed by atoms with Crippen molar-refractivity contribution in [2.75, 3.05) is 11.9 Å². The van der Waals surface area contributed by atoms with E-state index >= 15 is 0 Å². The van der Waals surface area contributed by atoms with Crippen LogP contribution in [0, 0.1) is 5.82 Å². The second-order valence-corrected chi connectivity index (χ2v) is 6.63. The molecule has 0 fully saturated rings. The van der Waals surface area contributed by atoms with Gasteiger partial charge in [-0.15, -0.1) is 0 Å². The fraction of sp³-hybridized carbons (Fsp3) is 0.222. The minimum atomic E-state index is -0.365. The minimum Gasteiger partial charge on any atom is -0.484 e. The maximum Gasteiger partial charge on any atom is 0.258 e. The molecule has 0 saturated heterocycles. The van der Waals surface area contributed by atoms with E-state index in [4.69, 9.17) is 4.74 Å². The molecule has 5 nitrogen and oxygen atoms in total. The van der Waals surface area contributed by atoms with Crippen molar-refractivity contribution in [2.24, 2.45) is 0 Å². The normalized spacial score (nSPS) is 13.0. The van der Waals surface area contributed by atoms with Gasteiger partial charge in [-0.2, -0.15) is 0 Å². The molecule has 0 radical (unpaired) electrons. The second kappa shape index (κ2) is 7.65. The van der Waals surface area contributed by atoms with Gasteiger partial charge < -0.3 is 15.4 Å². The first kappa shape index (κ1) is 17.4. The Hall–Kier alpha value is -2.41. The third-order valence-electron chi connectivity index (χ3n) is 3.75. The number of carbonyl (C=O) groups is 2. The molecule has 2 aromatic carbocycles. The lowest BCUT2D eigenvalue weighted by molar-refractivity contribution is -0.123. The molecule has 0 atom stereocenters. The third-order valence-corrected chi connectivity index (χ3v) is 4.21. The van der Waals surface area contributed by atoms with Crippen molar-refractivity contribution in [1.29, 1.82) is 0 Å². The van der Waals surface area contributed by atoms with Gasteiger partial charge >= 0.3 is 0 Å². The van der Waals surface area contributed by atoms with Crippen LogP contribution in [0.5, 0.6) is 5.75 Å². The topological polar surface area (TPSA) is 67.4 Å². The van der Waals surface area contributed by atoms with Crippen LogP contribution in [0.3, 0.4) is 0 Å². The van der Waals surface area contributed by atoms with Crippen LogP contribution in [-0.4, -0.2) is 18.4 Å². The van der Waals surface area contributed by atoms with Gasteiger partial charge in [0.25, 0.3) is 5.91 Å². The highest BCUT2D eigenvalue weighted by Crippen LogP contribution is 2.26. The van der Waals surface area contributed by atoms with E-state index in [0.29, 0.717) is 28.6 Å². The first-order chi connectivity index (χ1) is 12.0. The highest BCUT2D eigenvalue weighted by atomic mass is 79.9. The van der Waals surface area contributed by atoms with Gasteiger partial charge in [-0.05, 0) is 53.9 Å². The predicted octanol–water partition coefficient (Wildman–Crippen LogP) is 3.17. The van der Waals surface area contributed by atoms with Gasteiger partial charge in [0.05, 0.1) is 0 Å². The van der Waals surface area contributed by atoms with Crippen molar-refractivity contribution in [1.82, 2.24) is 5.32 Å². The number of halogens is 2. The Morgan fingerprint density at radius 3 is 2.88 bits per heavy atom. The number of anilines is 1. The SMILES string of the molecule is O=C(COc1ccc2c(c1)CCC(=O)N2)NCc1cc(F)cc(Br)c1. The average Bonchev–Trinajstić information content (AvgIpc) is 2.57. The Morgan fingerprint density at radius 1 is 1.24 bits per heavy atom. The zero-order valence-electron chi connectivity index (χ0n) is 13.3. The van der Waals surface area contributed by atoms with Crippen LogP contribution >= 0.6 is 15.9 Å². The number of fused-ring (bicyclic) bond motifs is 1. The zero-order chi connectivity index (χ0) is 17.8. The number of ether oxygens (including phenoxy) is 1. The van der Waals surface area contributed by atoms with Gasteiger partial charge in [0, 0.05) is 23.1 Å². The van der Waals surface area contributed by atoms with Crippen molar-refractivity contribution in [3.05, 3.63) is 57.8 Å². The number of rotatable bonds is 5. The summed E-state index contributed by atoms with van der Waals surface area (Å²) in [5, 5.41) is 5.47. The summed E-state index contributed by atoms with van der Waals surface area (Å²) in [5.74, 6) is -0.0921. The molecule has 3 rings (SSSR count). The van der Waals surface area contributed by atoms with E-state index in [-0.39, 0.29) is 30.8 Å². The van der Waals surface area contributed by atoms with E-state index < -0.39 is 0 Å². The van der Waals surface area contributed by atoms with E-state index in [0.717, 1.165) is 11.3 Å². The standard InChI is InChI=1S/C18H16BrFN2O3/c19-13-5-11(6-14(20)8-13)9-21-18(24)10-25-15-2-3-16-12(7-15)1-4-17(23)22-16/h2-3,5-8H,1,4,9-10H2,(H,21,24)(H,22,23). The van der Waals surface area contributed by atoms with Crippen LogP contribution in [0.25, 0.3) is 0 Å². The lowest BCUT2D eigenvalue weighted by Crippen LogP contribution is -2.28. The molecule has 0 aliphatic carbocycles. The van der Waals surface area contributed by atoms with Crippen LogP contribution in [0.15, 0.2) is 40.9 Å². The molecule has 25 heavy (non-hydrogen) atoms. The number of amides is 2. The molecule has 130 valence electrons. The molecule has 0 spiro atoms. The number of benzene rings is 2. The number of aryl methyl sites for hydroxylation is 1. The Labute approximate surface area is 152 Å². The van der Waals surface area contributed by atoms with Gasteiger partial charge in [0.1, 0.15) is 11.6 Å². The van der Waals surface area contributed by atoms with E-state index in [1.807, 2.05) is 6.07 Å². The Balaban J connectivity index is 1.51. The van der Waals surface area contributed by atoms with Gasteiger partial charge in [0.15, 0.2) is 6.61 Å². The van der Waals surface area contributed by atoms with Gasteiger partial charge in [-0.1, -0.05) is 15.9 Å². The Morgan fingerprint density at radius 2 is 2.08 bits per heavy atom. The Bertz CT molecular complexity index is 806. The largest absolute Gasteiger partial charge is 0.484 e. The van der Waals surface area contributed by atoms with Crippen LogP contribution in [0.2, 0.25) is 0 Å². The van der Waals surface area contributed by atoms with Crippen molar-refractivity contribution in [3.8, 4) is 5.75 Å². The summed E-state index contributed by atoms with van der Waals surface area (Å²) in [4.78, 5) is 23.2. The first-order valence-electron chi connectivity index (χ1n) is 7.77. The van der Waals surface area contributed by atoms with Crippen LogP contribution in [0.1, 0.15) is 17.5 Å². The zero-order valence-corrected chi connectivity index (χ0v) is 14.9. The first-order valence-corrected chi connectivity index (χ1v) is 8.56. The monoisotopic (exact) mass is 406 g/mol. The molecule has 7 heteroatoms. The molecule has 0 unspecified atom stereocenters. The smallest absolute Gasteiger partial charge is 0.258 e. The molecule has 0 bridgehead atoms. The maximum absolute atomic E-state index is 13.3.